The largest absolute Gasteiger partial charge is 0.345 e. The third kappa shape index (κ3) is 3.72. The highest BCUT2D eigenvalue weighted by atomic mass is 16.1. The molecule has 0 saturated carbocycles. The van der Waals surface area contributed by atoms with Gasteiger partial charge in [0.2, 0.25) is 0 Å². The molecule has 2 heterocycles. The van der Waals surface area contributed by atoms with Gasteiger partial charge in [0.15, 0.2) is 5.82 Å². The maximum absolute atomic E-state index is 13.0. The highest BCUT2D eigenvalue weighted by molar-refractivity contribution is 5.95. The second-order valence-electron chi connectivity index (χ2n) is 8.35. The Bertz CT molecular complexity index is 1270. The zero-order chi connectivity index (χ0) is 21.4. The van der Waals surface area contributed by atoms with Crippen LogP contribution in [0.5, 0.6) is 0 Å². The fourth-order valence-electron chi connectivity index (χ4n) is 4.42. The first kappa shape index (κ1) is 19.5. The average Bonchev–Trinajstić information content (AvgIpc) is 3.19. The Balaban J connectivity index is 1.37. The number of aryl methyl sites for hydroxylation is 2. The van der Waals surface area contributed by atoms with E-state index < -0.39 is 0 Å². The van der Waals surface area contributed by atoms with Gasteiger partial charge in [0, 0.05) is 5.39 Å². The summed E-state index contributed by atoms with van der Waals surface area (Å²) in [6, 6.07) is 18.5. The number of amides is 1. The van der Waals surface area contributed by atoms with Gasteiger partial charge in [-0.25, -0.2) is 9.67 Å². The Kier molecular flexibility index (Phi) is 5.02. The minimum Gasteiger partial charge on any atom is -0.345 e. The van der Waals surface area contributed by atoms with Crippen molar-refractivity contribution in [3.63, 3.8) is 0 Å². The van der Waals surface area contributed by atoms with Gasteiger partial charge in [-0.1, -0.05) is 36.4 Å². The topological polar surface area (TPSA) is 59.8 Å². The molecule has 0 spiro atoms. The minimum atomic E-state index is -0.116. The third-order valence-electron chi connectivity index (χ3n) is 6.28. The highest BCUT2D eigenvalue weighted by Crippen LogP contribution is 2.25. The van der Waals surface area contributed by atoms with Crippen LogP contribution < -0.4 is 5.32 Å². The molecular formula is C26H26N4O. The van der Waals surface area contributed by atoms with E-state index in [1.165, 1.54) is 24.0 Å². The molecular weight excluding hydrogens is 384 g/mol. The first-order valence-corrected chi connectivity index (χ1v) is 10.9. The van der Waals surface area contributed by atoms with Crippen molar-refractivity contribution in [1.29, 1.82) is 0 Å². The van der Waals surface area contributed by atoms with Crippen LogP contribution in [0, 0.1) is 6.92 Å². The summed E-state index contributed by atoms with van der Waals surface area (Å²) in [5.41, 5.74) is 6.28. The zero-order valence-corrected chi connectivity index (χ0v) is 17.9. The highest BCUT2D eigenvalue weighted by Gasteiger charge is 2.19. The predicted octanol–water partition coefficient (Wildman–Crippen LogP) is 5.10. The Morgan fingerprint density at radius 2 is 1.84 bits per heavy atom. The maximum Gasteiger partial charge on any atom is 0.255 e. The lowest BCUT2D eigenvalue weighted by molar-refractivity contribution is 0.0939. The fraction of sp³-hybridized carbons (Fsp3) is 0.269. The van der Waals surface area contributed by atoms with Crippen molar-refractivity contribution < 1.29 is 4.79 Å². The molecule has 156 valence electrons. The first-order valence-electron chi connectivity index (χ1n) is 10.9. The molecule has 4 aromatic rings. The summed E-state index contributed by atoms with van der Waals surface area (Å²) in [6.07, 6.45) is 6.44. The number of hydrogen-bond donors (Lipinski definition) is 1. The van der Waals surface area contributed by atoms with Crippen molar-refractivity contribution in [3.05, 3.63) is 88.7 Å². The van der Waals surface area contributed by atoms with Crippen LogP contribution in [0.4, 0.5) is 0 Å². The SMILES string of the molecule is Cc1c(C(=O)NC(C)c2ccc3c(c2)CCCC3)cnn1-c1ccc2ccccc2n1. The smallest absolute Gasteiger partial charge is 0.255 e. The summed E-state index contributed by atoms with van der Waals surface area (Å²) in [7, 11) is 0. The number of nitrogens with zero attached hydrogens (tertiary/aromatic N) is 3. The van der Waals surface area contributed by atoms with Gasteiger partial charge in [0.05, 0.1) is 29.0 Å². The van der Waals surface area contributed by atoms with Crippen LogP contribution >= 0.6 is 0 Å². The predicted molar refractivity (Wildman–Crippen MR) is 123 cm³/mol. The molecule has 1 atom stereocenters. The summed E-state index contributed by atoms with van der Waals surface area (Å²) in [5.74, 6) is 0.591. The zero-order valence-electron chi connectivity index (χ0n) is 17.9. The molecule has 1 aliphatic rings. The number of fused-ring (bicyclic) bond motifs is 2. The molecule has 0 bridgehead atoms. The van der Waals surface area contributed by atoms with Crippen molar-refractivity contribution in [2.24, 2.45) is 0 Å². The van der Waals surface area contributed by atoms with E-state index >= 15 is 0 Å². The van der Waals surface area contributed by atoms with Crippen LogP contribution in [0.2, 0.25) is 0 Å². The molecule has 2 aromatic heterocycles. The van der Waals surface area contributed by atoms with Crippen molar-refractivity contribution >= 4 is 16.8 Å². The van der Waals surface area contributed by atoms with Gasteiger partial charge in [0.25, 0.3) is 5.91 Å². The quantitative estimate of drug-likeness (QED) is 0.509. The van der Waals surface area contributed by atoms with Gasteiger partial charge in [-0.05, 0) is 74.4 Å². The van der Waals surface area contributed by atoms with E-state index in [-0.39, 0.29) is 11.9 Å². The second-order valence-corrected chi connectivity index (χ2v) is 8.35. The Morgan fingerprint density at radius 1 is 1.03 bits per heavy atom. The van der Waals surface area contributed by atoms with E-state index in [0.29, 0.717) is 11.4 Å². The van der Waals surface area contributed by atoms with Crippen LogP contribution in [-0.4, -0.2) is 20.7 Å². The molecule has 1 N–H and O–H groups in total. The maximum atomic E-state index is 13.0. The van der Waals surface area contributed by atoms with E-state index in [0.717, 1.165) is 35.0 Å². The van der Waals surface area contributed by atoms with Gasteiger partial charge >= 0.3 is 0 Å². The van der Waals surface area contributed by atoms with Gasteiger partial charge in [-0.15, -0.1) is 0 Å². The lowest BCUT2D eigenvalue weighted by atomic mass is 9.89. The Morgan fingerprint density at radius 3 is 2.71 bits per heavy atom. The molecule has 0 aliphatic heterocycles. The number of aromatic nitrogens is 3. The molecule has 31 heavy (non-hydrogen) atoms. The lowest BCUT2D eigenvalue weighted by Crippen LogP contribution is -2.27. The molecule has 1 aliphatic carbocycles. The van der Waals surface area contributed by atoms with Crippen molar-refractivity contribution in [3.8, 4) is 5.82 Å². The van der Waals surface area contributed by atoms with Crippen LogP contribution in [0.15, 0.2) is 60.8 Å². The average molecular weight is 411 g/mol. The molecule has 1 unspecified atom stereocenters. The van der Waals surface area contributed by atoms with E-state index in [1.54, 1.807) is 10.9 Å². The molecule has 2 aromatic carbocycles. The summed E-state index contributed by atoms with van der Waals surface area (Å²) >= 11 is 0. The molecule has 1 amide bonds. The summed E-state index contributed by atoms with van der Waals surface area (Å²) < 4.78 is 1.73. The number of benzene rings is 2. The van der Waals surface area contributed by atoms with Crippen molar-refractivity contribution in [2.75, 3.05) is 0 Å². The number of rotatable bonds is 4. The van der Waals surface area contributed by atoms with Crippen molar-refractivity contribution in [2.45, 2.75) is 45.6 Å². The number of nitrogens with one attached hydrogen (secondary N) is 1. The molecule has 0 fully saturated rings. The van der Waals surface area contributed by atoms with Gasteiger partial charge < -0.3 is 5.32 Å². The normalized spacial score (nSPS) is 14.3. The second kappa shape index (κ2) is 7.99. The molecule has 5 nitrogen and oxygen atoms in total. The standard InChI is InChI=1S/C26H26N4O/c1-17(21-12-11-19-7-3-4-9-22(19)15-21)28-26(31)23-16-27-30(18(23)2)25-14-13-20-8-5-6-10-24(20)29-25/h5-6,8,10-17H,3-4,7,9H2,1-2H3,(H,28,31). The van der Waals surface area contributed by atoms with Gasteiger partial charge in [-0.3, -0.25) is 4.79 Å². The summed E-state index contributed by atoms with van der Waals surface area (Å²) in [6.45, 7) is 3.94. The fourth-order valence-corrected chi connectivity index (χ4v) is 4.42. The number of para-hydroxylation sites is 1. The minimum absolute atomic E-state index is 0.0683. The van der Waals surface area contributed by atoms with Crippen LogP contribution in [0.25, 0.3) is 16.7 Å². The summed E-state index contributed by atoms with van der Waals surface area (Å²) in [4.78, 5) is 17.7. The number of hydrogen-bond acceptors (Lipinski definition) is 3. The monoisotopic (exact) mass is 410 g/mol. The Labute approximate surface area is 182 Å². The third-order valence-corrected chi connectivity index (χ3v) is 6.28. The van der Waals surface area contributed by atoms with Gasteiger partial charge in [-0.2, -0.15) is 5.10 Å². The molecule has 0 saturated heterocycles. The molecule has 5 rings (SSSR count). The first-order chi connectivity index (χ1) is 15.1. The van der Waals surface area contributed by atoms with Crippen LogP contribution in [0.3, 0.4) is 0 Å². The summed E-state index contributed by atoms with van der Waals surface area (Å²) in [5, 5.41) is 8.66. The number of carbonyl (C=O) groups excluding carboxylic acids is 1. The van der Waals surface area contributed by atoms with Crippen LogP contribution in [-0.2, 0) is 12.8 Å². The lowest BCUT2D eigenvalue weighted by Gasteiger charge is -2.20. The number of carbonyl (C=O) groups is 1. The van der Waals surface area contributed by atoms with Crippen molar-refractivity contribution in [1.82, 2.24) is 20.1 Å². The van der Waals surface area contributed by atoms with E-state index in [4.69, 9.17) is 4.98 Å². The Hall–Kier alpha value is -3.47. The van der Waals surface area contributed by atoms with E-state index in [1.807, 2.05) is 50.2 Å². The molecule has 0 radical (unpaired) electrons. The number of pyridine rings is 1. The van der Waals surface area contributed by atoms with E-state index in [2.05, 4.69) is 28.6 Å². The van der Waals surface area contributed by atoms with E-state index in [9.17, 15) is 4.79 Å². The van der Waals surface area contributed by atoms with Gasteiger partial charge in [0.1, 0.15) is 0 Å². The van der Waals surface area contributed by atoms with Crippen LogP contribution in [0.1, 0.15) is 58.5 Å². The molecule has 5 heteroatoms.